The van der Waals surface area contributed by atoms with Crippen LogP contribution in [0.2, 0.25) is 0 Å². The Morgan fingerprint density at radius 1 is 1.03 bits per heavy atom. The van der Waals surface area contributed by atoms with Crippen LogP contribution in [0.25, 0.3) is 10.8 Å². The van der Waals surface area contributed by atoms with Crippen molar-refractivity contribution in [2.45, 2.75) is 42.0 Å². The predicted octanol–water partition coefficient (Wildman–Crippen LogP) is 6.36. The highest BCUT2D eigenvalue weighted by Crippen LogP contribution is 2.64. The van der Waals surface area contributed by atoms with E-state index in [1.807, 2.05) is 60.3 Å². The summed E-state index contributed by atoms with van der Waals surface area (Å²) in [5.74, 6) is 2.82. The fraction of sp³-hybridized carbons (Fsp3) is 0.333. The molecule has 7 heteroatoms. The second-order valence-corrected chi connectivity index (χ2v) is 12.6. The van der Waals surface area contributed by atoms with Crippen molar-refractivity contribution in [2.24, 2.45) is 17.8 Å². The topological polar surface area (TPSA) is 60.3 Å². The summed E-state index contributed by atoms with van der Waals surface area (Å²) in [6, 6.07) is 22.4. The Morgan fingerprint density at radius 3 is 2.62 bits per heavy atom. The van der Waals surface area contributed by atoms with Gasteiger partial charge in [0.05, 0.1) is 12.1 Å². The maximum atomic E-state index is 13.3. The quantitative estimate of drug-likeness (QED) is 0.327. The lowest BCUT2D eigenvalue weighted by Crippen LogP contribution is -2.34. The Bertz CT molecular complexity index is 1560. The van der Waals surface area contributed by atoms with Gasteiger partial charge < -0.3 is 10.1 Å². The Labute approximate surface area is 223 Å². The van der Waals surface area contributed by atoms with E-state index in [-0.39, 0.29) is 23.2 Å². The van der Waals surface area contributed by atoms with Gasteiger partial charge in [-0.05, 0) is 77.6 Å². The highest BCUT2D eigenvalue weighted by atomic mass is 32.2. The van der Waals surface area contributed by atoms with E-state index in [1.165, 1.54) is 36.2 Å². The molecule has 0 spiro atoms. The third-order valence-electron chi connectivity index (χ3n) is 8.50. The number of nitrogens with one attached hydrogen (secondary N) is 1. The van der Waals surface area contributed by atoms with Crippen LogP contribution in [-0.2, 0) is 11.3 Å². The van der Waals surface area contributed by atoms with E-state index in [9.17, 15) is 9.59 Å². The van der Waals surface area contributed by atoms with E-state index < -0.39 is 0 Å². The van der Waals surface area contributed by atoms with Crippen LogP contribution in [0.1, 0.15) is 35.6 Å². The molecule has 2 aliphatic carbocycles. The summed E-state index contributed by atoms with van der Waals surface area (Å²) < 4.78 is 7.12. The van der Waals surface area contributed by atoms with Crippen molar-refractivity contribution >= 4 is 45.5 Å². The smallest absolute Gasteiger partial charge is 0.308 e. The first-order valence-corrected chi connectivity index (χ1v) is 14.6. The maximum Gasteiger partial charge on any atom is 0.308 e. The lowest BCUT2D eigenvalue weighted by atomic mass is 9.75. The van der Waals surface area contributed by atoms with E-state index in [0.29, 0.717) is 23.0 Å². The monoisotopic (exact) mass is 528 g/mol. The van der Waals surface area contributed by atoms with Gasteiger partial charge in [-0.1, -0.05) is 53.8 Å². The maximum absolute atomic E-state index is 13.3. The molecule has 0 radical (unpaired) electrons. The number of methoxy groups -OCH3 is 1. The number of amides is 1. The lowest BCUT2D eigenvalue weighted by Gasteiger charge is -2.40. The van der Waals surface area contributed by atoms with E-state index in [0.717, 1.165) is 32.1 Å². The number of rotatable bonds is 5. The summed E-state index contributed by atoms with van der Waals surface area (Å²) in [4.78, 5) is 27.5. The summed E-state index contributed by atoms with van der Waals surface area (Å²) >= 11 is 3.19. The molecule has 2 bridgehead atoms. The van der Waals surface area contributed by atoms with Crippen LogP contribution < -0.4 is 14.9 Å². The zero-order chi connectivity index (χ0) is 25.1. The minimum atomic E-state index is -0.172. The van der Waals surface area contributed by atoms with Crippen molar-refractivity contribution in [1.29, 1.82) is 0 Å². The van der Waals surface area contributed by atoms with Gasteiger partial charge in [0.1, 0.15) is 12.3 Å². The molecule has 37 heavy (non-hydrogen) atoms. The number of carbonyl (C=O) groups excluding carboxylic acids is 1. The molecular weight excluding hydrogens is 500 g/mol. The molecular formula is C30H28N2O3S2. The summed E-state index contributed by atoms with van der Waals surface area (Å²) in [7, 11) is 1.69. The molecule has 5 atom stereocenters. The number of benzene rings is 3. The predicted molar refractivity (Wildman–Crippen MR) is 150 cm³/mol. The number of nitrogens with zero attached hydrogens (tertiary/aromatic N) is 1. The van der Waals surface area contributed by atoms with Crippen molar-refractivity contribution < 1.29 is 9.53 Å². The van der Waals surface area contributed by atoms with Gasteiger partial charge in [0.25, 0.3) is 0 Å². The average Bonchev–Trinajstić information content (AvgIpc) is 3.62. The van der Waals surface area contributed by atoms with E-state index in [4.69, 9.17) is 4.74 Å². The molecule has 1 aromatic heterocycles. The molecule has 1 aliphatic heterocycles. The van der Waals surface area contributed by atoms with Crippen LogP contribution in [0.5, 0.6) is 5.75 Å². The molecule has 0 saturated heterocycles. The number of thiazole rings is 1. The van der Waals surface area contributed by atoms with Gasteiger partial charge in [0.15, 0.2) is 0 Å². The number of anilines is 1. The zero-order valence-corrected chi connectivity index (χ0v) is 22.2. The first-order valence-electron chi connectivity index (χ1n) is 12.9. The van der Waals surface area contributed by atoms with Crippen molar-refractivity contribution in [3.8, 4) is 5.75 Å². The third-order valence-corrected chi connectivity index (χ3v) is 11.3. The van der Waals surface area contributed by atoms with Gasteiger partial charge in [0, 0.05) is 21.7 Å². The minimum Gasteiger partial charge on any atom is -0.497 e. The lowest BCUT2D eigenvalue weighted by molar-refractivity contribution is -0.116. The summed E-state index contributed by atoms with van der Waals surface area (Å²) in [6.07, 6.45) is 3.86. The van der Waals surface area contributed by atoms with E-state index in [2.05, 4.69) is 23.5 Å². The van der Waals surface area contributed by atoms with Gasteiger partial charge in [-0.3, -0.25) is 14.2 Å². The van der Waals surface area contributed by atoms with Crippen LogP contribution in [0.3, 0.4) is 0 Å². The van der Waals surface area contributed by atoms with Crippen LogP contribution >= 0.6 is 23.1 Å². The van der Waals surface area contributed by atoms with Crippen molar-refractivity contribution in [2.75, 3.05) is 12.4 Å². The van der Waals surface area contributed by atoms with Crippen molar-refractivity contribution in [3.63, 3.8) is 0 Å². The molecule has 4 unspecified atom stereocenters. The largest absolute Gasteiger partial charge is 0.497 e. The van der Waals surface area contributed by atoms with Gasteiger partial charge in [0.2, 0.25) is 5.91 Å². The second-order valence-electron chi connectivity index (χ2n) is 10.5. The fourth-order valence-electron chi connectivity index (χ4n) is 6.88. The summed E-state index contributed by atoms with van der Waals surface area (Å²) in [5.41, 5.74) is 2.00. The first-order chi connectivity index (χ1) is 18.1. The van der Waals surface area contributed by atoms with Crippen LogP contribution in [0, 0.1) is 17.8 Å². The molecule has 3 aliphatic rings. The van der Waals surface area contributed by atoms with Gasteiger partial charge in [-0.25, -0.2) is 0 Å². The van der Waals surface area contributed by atoms with Crippen LogP contribution in [0.4, 0.5) is 5.69 Å². The zero-order valence-electron chi connectivity index (χ0n) is 20.6. The second kappa shape index (κ2) is 9.07. The normalized spacial score (nSPS) is 25.6. The van der Waals surface area contributed by atoms with E-state index in [1.54, 1.807) is 11.7 Å². The van der Waals surface area contributed by atoms with Crippen molar-refractivity contribution in [3.05, 3.63) is 86.8 Å². The Hall–Kier alpha value is -3.03. The van der Waals surface area contributed by atoms with E-state index >= 15 is 0 Å². The number of fused-ring (bicyclic) bond motifs is 7. The molecule has 1 N–H and O–H groups in total. The SMILES string of the molecule is COc1ccc([C@@H]2c3sc(=O)n(CC(=O)Nc4ccc5ccccc5c4)c3SC3C4CCC(C4)C32)cc1. The molecule has 5 nitrogen and oxygen atoms in total. The average molecular weight is 529 g/mol. The fourth-order valence-corrected chi connectivity index (χ4v) is 10.0. The van der Waals surface area contributed by atoms with Crippen molar-refractivity contribution in [1.82, 2.24) is 4.57 Å². The highest BCUT2D eigenvalue weighted by Gasteiger charge is 2.55. The standard InChI is InChI=1S/C30H28N2O3S2/c1-35-23-12-9-18(10-13-23)25-26-20-6-7-21(14-20)27(26)36-29-28(25)37-30(34)32(29)16-24(33)31-22-11-8-17-4-2-3-5-19(17)15-22/h2-5,8-13,15,20-21,25-27H,6-7,14,16H2,1H3,(H,31,33)/t20?,21?,25-,26?,27?/m0/s1. The molecule has 2 heterocycles. The number of carbonyl (C=O) groups is 1. The molecule has 2 fully saturated rings. The Morgan fingerprint density at radius 2 is 1.81 bits per heavy atom. The Kier molecular flexibility index (Phi) is 5.66. The molecule has 3 aromatic carbocycles. The molecule has 1 amide bonds. The minimum absolute atomic E-state index is 0.0330. The first kappa shape index (κ1) is 23.1. The van der Waals surface area contributed by atoms with Crippen LogP contribution in [0.15, 0.2) is 76.6 Å². The third kappa shape index (κ3) is 3.91. The number of hydrogen-bond acceptors (Lipinski definition) is 5. The van der Waals surface area contributed by atoms with Gasteiger partial charge in [-0.15, -0.1) is 11.8 Å². The summed E-state index contributed by atoms with van der Waals surface area (Å²) in [6.45, 7) is 0.0330. The number of ether oxygens (including phenoxy) is 1. The number of hydrogen-bond donors (Lipinski definition) is 1. The summed E-state index contributed by atoms with van der Waals surface area (Å²) in [5, 5.41) is 6.72. The molecule has 4 aromatic rings. The molecule has 188 valence electrons. The highest BCUT2D eigenvalue weighted by molar-refractivity contribution is 8.00. The molecule has 7 rings (SSSR count). The number of thioether (sulfide) groups is 1. The van der Waals surface area contributed by atoms with Gasteiger partial charge in [-0.2, -0.15) is 0 Å². The van der Waals surface area contributed by atoms with Gasteiger partial charge >= 0.3 is 4.87 Å². The Balaban J connectivity index is 1.22. The molecule has 2 saturated carbocycles. The van der Waals surface area contributed by atoms with Crippen LogP contribution in [-0.4, -0.2) is 22.8 Å². The number of aromatic nitrogens is 1.